The number of rotatable bonds is 3. The fourth-order valence-electron chi connectivity index (χ4n) is 2.15. The van der Waals surface area contributed by atoms with E-state index in [1.54, 1.807) is 0 Å². The van der Waals surface area contributed by atoms with Crippen molar-refractivity contribution in [1.82, 2.24) is 10.6 Å². The van der Waals surface area contributed by atoms with Gasteiger partial charge in [-0.3, -0.25) is 4.79 Å². The highest BCUT2D eigenvalue weighted by Gasteiger charge is 2.37. The molecule has 0 aliphatic heterocycles. The van der Waals surface area contributed by atoms with Crippen LogP contribution in [0.4, 0.5) is 0 Å². The quantitative estimate of drug-likeness (QED) is 0.720. The summed E-state index contributed by atoms with van der Waals surface area (Å²) < 4.78 is 0. The molecule has 0 saturated heterocycles. The van der Waals surface area contributed by atoms with Gasteiger partial charge in [-0.05, 0) is 33.7 Å². The summed E-state index contributed by atoms with van der Waals surface area (Å²) >= 11 is 0. The summed E-state index contributed by atoms with van der Waals surface area (Å²) in [7, 11) is 1.89. The minimum atomic E-state index is -0.289. The smallest absolute Gasteiger partial charge is 0.240 e. The van der Waals surface area contributed by atoms with E-state index in [-0.39, 0.29) is 17.5 Å². The first-order valence-corrected chi connectivity index (χ1v) is 5.60. The Hall–Kier alpha value is -0.570. The Morgan fingerprint density at radius 2 is 1.79 bits per heavy atom. The molecule has 14 heavy (non-hydrogen) atoms. The summed E-state index contributed by atoms with van der Waals surface area (Å²) in [5.41, 5.74) is -0.289. The van der Waals surface area contributed by atoms with Crippen molar-refractivity contribution in [2.24, 2.45) is 0 Å². The molecule has 0 aromatic rings. The second-order valence-corrected chi connectivity index (χ2v) is 4.52. The normalized spacial score (nSPS) is 20.9. The molecule has 0 bridgehead atoms. The third-order valence-electron chi connectivity index (χ3n) is 3.04. The fourth-order valence-corrected chi connectivity index (χ4v) is 2.15. The van der Waals surface area contributed by atoms with Crippen LogP contribution in [0, 0.1) is 0 Å². The van der Waals surface area contributed by atoms with Crippen LogP contribution in [-0.4, -0.2) is 24.5 Å². The molecule has 1 saturated carbocycles. The summed E-state index contributed by atoms with van der Waals surface area (Å²) in [6.07, 6.45) is 5.53. The van der Waals surface area contributed by atoms with Crippen molar-refractivity contribution < 1.29 is 4.79 Å². The molecule has 1 aliphatic rings. The van der Waals surface area contributed by atoms with Crippen molar-refractivity contribution in [1.29, 1.82) is 0 Å². The number of hydrogen-bond acceptors (Lipinski definition) is 2. The highest BCUT2D eigenvalue weighted by molar-refractivity contribution is 5.86. The fraction of sp³-hybridized carbons (Fsp3) is 0.909. The second-order valence-electron chi connectivity index (χ2n) is 4.52. The van der Waals surface area contributed by atoms with Gasteiger partial charge in [0.15, 0.2) is 0 Å². The van der Waals surface area contributed by atoms with Crippen molar-refractivity contribution in [3.05, 3.63) is 0 Å². The van der Waals surface area contributed by atoms with Crippen molar-refractivity contribution in [2.75, 3.05) is 7.05 Å². The molecule has 3 heteroatoms. The monoisotopic (exact) mass is 198 g/mol. The molecule has 82 valence electrons. The molecule has 2 N–H and O–H groups in total. The van der Waals surface area contributed by atoms with E-state index in [0.29, 0.717) is 0 Å². The van der Waals surface area contributed by atoms with E-state index in [4.69, 9.17) is 0 Å². The van der Waals surface area contributed by atoms with Gasteiger partial charge in [-0.25, -0.2) is 0 Å². The van der Waals surface area contributed by atoms with Gasteiger partial charge in [-0.2, -0.15) is 0 Å². The molecule has 1 aliphatic carbocycles. The number of amides is 1. The SMILES string of the molecule is CNC1(C(=O)NC(C)C)CCCCC1. The Morgan fingerprint density at radius 1 is 1.21 bits per heavy atom. The Bertz CT molecular complexity index is 195. The molecular weight excluding hydrogens is 176 g/mol. The molecule has 0 unspecified atom stereocenters. The van der Waals surface area contributed by atoms with Crippen molar-refractivity contribution in [3.63, 3.8) is 0 Å². The molecule has 0 heterocycles. The van der Waals surface area contributed by atoms with Crippen LogP contribution < -0.4 is 10.6 Å². The minimum absolute atomic E-state index is 0.176. The van der Waals surface area contributed by atoms with Crippen LogP contribution in [0.15, 0.2) is 0 Å². The van der Waals surface area contributed by atoms with Crippen LogP contribution in [0.3, 0.4) is 0 Å². The van der Waals surface area contributed by atoms with Gasteiger partial charge in [0.1, 0.15) is 0 Å². The van der Waals surface area contributed by atoms with E-state index in [2.05, 4.69) is 10.6 Å². The van der Waals surface area contributed by atoms with E-state index < -0.39 is 0 Å². The van der Waals surface area contributed by atoms with Crippen molar-refractivity contribution in [2.45, 2.75) is 57.5 Å². The van der Waals surface area contributed by atoms with Crippen LogP contribution >= 0.6 is 0 Å². The third-order valence-corrected chi connectivity index (χ3v) is 3.04. The molecule has 1 fully saturated rings. The van der Waals surface area contributed by atoms with Gasteiger partial charge in [-0.1, -0.05) is 19.3 Å². The van der Waals surface area contributed by atoms with E-state index in [1.165, 1.54) is 6.42 Å². The van der Waals surface area contributed by atoms with Crippen LogP contribution in [0.1, 0.15) is 46.0 Å². The maximum atomic E-state index is 12.0. The topological polar surface area (TPSA) is 41.1 Å². The average molecular weight is 198 g/mol. The molecule has 0 aromatic carbocycles. The van der Waals surface area contributed by atoms with Gasteiger partial charge in [-0.15, -0.1) is 0 Å². The first-order chi connectivity index (χ1) is 6.60. The lowest BCUT2D eigenvalue weighted by Crippen LogP contribution is -2.57. The summed E-state index contributed by atoms with van der Waals surface area (Å²) in [6.45, 7) is 4.01. The molecular formula is C11H22N2O. The summed E-state index contributed by atoms with van der Waals surface area (Å²) in [6, 6.07) is 0.231. The van der Waals surface area contributed by atoms with Crippen LogP contribution in [0.5, 0.6) is 0 Å². The lowest BCUT2D eigenvalue weighted by Gasteiger charge is -2.36. The molecule has 0 radical (unpaired) electrons. The van der Waals surface area contributed by atoms with E-state index in [9.17, 15) is 4.79 Å². The number of carbonyl (C=O) groups excluding carboxylic acids is 1. The number of hydrogen-bond donors (Lipinski definition) is 2. The molecule has 1 rings (SSSR count). The van der Waals surface area contributed by atoms with Crippen molar-refractivity contribution in [3.8, 4) is 0 Å². The predicted octanol–water partition coefficient (Wildman–Crippen LogP) is 1.43. The third kappa shape index (κ3) is 2.47. The highest BCUT2D eigenvalue weighted by Crippen LogP contribution is 2.28. The zero-order valence-electron chi connectivity index (χ0n) is 9.52. The maximum absolute atomic E-state index is 12.0. The number of nitrogens with one attached hydrogen (secondary N) is 2. The van der Waals surface area contributed by atoms with Gasteiger partial charge in [0.05, 0.1) is 5.54 Å². The second kappa shape index (κ2) is 4.78. The highest BCUT2D eigenvalue weighted by atomic mass is 16.2. The Balaban J connectivity index is 2.62. The Kier molecular flexibility index (Phi) is 3.93. The lowest BCUT2D eigenvalue weighted by atomic mass is 9.81. The van der Waals surface area contributed by atoms with E-state index in [0.717, 1.165) is 25.7 Å². The van der Waals surface area contributed by atoms with Gasteiger partial charge in [0.2, 0.25) is 5.91 Å². The summed E-state index contributed by atoms with van der Waals surface area (Å²) in [5.74, 6) is 0.176. The Labute approximate surface area is 86.6 Å². The van der Waals surface area contributed by atoms with Crippen LogP contribution in [-0.2, 0) is 4.79 Å². The summed E-state index contributed by atoms with van der Waals surface area (Å²) in [4.78, 5) is 12.0. The molecule has 3 nitrogen and oxygen atoms in total. The average Bonchev–Trinajstić information content (AvgIpc) is 2.18. The predicted molar refractivity (Wildman–Crippen MR) is 58.2 cm³/mol. The van der Waals surface area contributed by atoms with E-state index >= 15 is 0 Å². The summed E-state index contributed by atoms with van der Waals surface area (Å²) in [5, 5.41) is 6.21. The minimum Gasteiger partial charge on any atom is -0.352 e. The zero-order valence-corrected chi connectivity index (χ0v) is 9.52. The van der Waals surface area contributed by atoms with Gasteiger partial charge in [0.25, 0.3) is 0 Å². The first kappa shape index (κ1) is 11.5. The van der Waals surface area contributed by atoms with E-state index in [1.807, 2.05) is 20.9 Å². The Morgan fingerprint density at radius 3 is 2.21 bits per heavy atom. The first-order valence-electron chi connectivity index (χ1n) is 5.60. The van der Waals surface area contributed by atoms with Gasteiger partial charge < -0.3 is 10.6 Å². The van der Waals surface area contributed by atoms with Gasteiger partial charge >= 0.3 is 0 Å². The maximum Gasteiger partial charge on any atom is 0.240 e. The molecule has 0 atom stereocenters. The standard InChI is InChI=1S/C11H22N2O/c1-9(2)13-10(14)11(12-3)7-5-4-6-8-11/h9,12H,4-8H2,1-3H3,(H,13,14). The largest absolute Gasteiger partial charge is 0.352 e. The lowest BCUT2D eigenvalue weighted by molar-refractivity contribution is -0.129. The molecule has 1 amide bonds. The van der Waals surface area contributed by atoms with Crippen LogP contribution in [0.2, 0.25) is 0 Å². The number of carbonyl (C=O) groups is 1. The molecule has 0 spiro atoms. The van der Waals surface area contributed by atoms with Crippen LogP contribution in [0.25, 0.3) is 0 Å². The zero-order chi connectivity index (χ0) is 10.6. The number of likely N-dealkylation sites (N-methyl/N-ethyl adjacent to an activating group) is 1. The van der Waals surface area contributed by atoms with Crippen molar-refractivity contribution >= 4 is 5.91 Å². The van der Waals surface area contributed by atoms with Gasteiger partial charge in [0, 0.05) is 6.04 Å². The molecule has 0 aromatic heterocycles.